The molecule has 4 aliphatic heterocycles. The highest BCUT2D eigenvalue weighted by Crippen LogP contribution is 2.33. The molecule has 7 heterocycles. The van der Waals surface area contributed by atoms with E-state index < -0.39 is 23.8 Å². The van der Waals surface area contributed by atoms with Gasteiger partial charge in [-0.3, -0.25) is 34.3 Å². The van der Waals surface area contributed by atoms with Gasteiger partial charge in [-0.05, 0) is 80.5 Å². The second-order valence-corrected chi connectivity index (χ2v) is 15.7. The molecule has 3 aromatic heterocycles. The zero-order chi connectivity index (χ0) is 40.1. The molecule has 0 aliphatic carbocycles. The summed E-state index contributed by atoms with van der Waals surface area (Å²) in [6.07, 6.45) is 6.04. The van der Waals surface area contributed by atoms with Crippen molar-refractivity contribution >= 4 is 69.3 Å². The van der Waals surface area contributed by atoms with E-state index in [1.165, 1.54) is 0 Å². The normalized spacial score (nSPS) is 19.2. The minimum atomic E-state index is -0.966. The van der Waals surface area contributed by atoms with Gasteiger partial charge in [-0.25, -0.2) is 14.6 Å². The first kappa shape index (κ1) is 37.2. The van der Waals surface area contributed by atoms with Crippen molar-refractivity contribution in [3.05, 3.63) is 83.2 Å². The molecule has 0 radical (unpaired) electrons. The van der Waals surface area contributed by atoms with Gasteiger partial charge in [0.2, 0.25) is 17.8 Å². The smallest absolute Gasteiger partial charge is 0.262 e. The van der Waals surface area contributed by atoms with Crippen molar-refractivity contribution in [1.29, 1.82) is 0 Å². The van der Waals surface area contributed by atoms with Gasteiger partial charge in [0.1, 0.15) is 11.9 Å². The van der Waals surface area contributed by atoms with Crippen molar-refractivity contribution in [3.63, 3.8) is 0 Å². The largest absolute Gasteiger partial charge is 0.369 e. The van der Waals surface area contributed by atoms with Gasteiger partial charge in [0.05, 0.1) is 28.4 Å². The second-order valence-electron chi connectivity index (χ2n) is 15.7. The minimum absolute atomic E-state index is 0.0975. The molecule has 9 rings (SSSR count). The van der Waals surface area contributed by atoms with E-state index in [1.807, 2.05) is 37.5 Å². The number of nitrogens with zero attached hydrogens (tertiary/aromatic N) is 9. The summed E-state index contributed by atoms with van der Waals surface area (Å²) in [6, 6.07) is 14.6. The van der Waals surface area contributed by atoms with Crippen molar-refractivity contribution in [2.24, 2.45) is 13.0 Å². The van der Waals surface area contributed by atoms with Gasteiger partial charge < -0.3 is 20.4 Å². The Kier molecular flexibility index (Phi) is 9.71. The summed E-state index contributed by atoms with van der Waals surface area (Å²) < 4.78 is 1.76. The fraction of sp³-hybridized carbons (Fsp3) is 0.381. The first-order valence-corrected chi connectivity index (χ1v) is 19.9. The maximum atomic E-state index is 13.3. The molecule has 4 aliphatic rings. The van der Waals surface area contributed by atoms with E-state index >= 15 is 0 Å². The maximum Gasteiger partial charge on any atom is 0.262 e. The molecule has 3 N–H and O–H groups in total. The number of imide groups is 2. The van der Waals surface area contributed by atoms with Gasteiger partial charge in [0, 0.05) is 76.9 Å². The molecule has 0 saturated carbocycles. The summed E-state index contributed by atoms with van der Waals surface area (Å²) in [5, 5.41) is 14.5. The highest BCUT2D eigenvalue weighted by molar-refractivity contribution is 6.23. The van der Waals surface area contributed by atoms with Crippen LogP contribution in [-0.4, -0.2) is 110 Å². The molecule has 58 heavy (non-hydrogen) atoms. The highest BCUT2D eigenvalue weighted by atomic mass is 16.2. The SMILES string of the molecule is Cc1cccc(C)c1Nc1nn(C)c2nc(Nc3ccc(N4CCC(CN5CCN(c6ccc7c(c6)C(=O)N(C6CCC(=O)NC6=O)C7=O)CC5)CC4)nc3)ncc12. The van der Waals surface area contributed by atoms with Gasteiger partial charge in [-0.1, -0.05) is 18.2 Å². The molecule has 0 bridgehead atoms. The van der Waals surface area contributed by atoms with E-state index in [1.54, 1.807) is 23.0 Å². The lowest BCUT2D eigenvalue weighted by Crippen LogP contribution is -2.54. The summed E-state index contributed by atoms with van der Waals surface area (Å²) in [5.41, 5.74) is 6.36. The summed E-state index contributed by atoms with van der Waals surface area (Å²) >= 11 is 0. The van der Waals surface area contributed by atoms with Crippen LogP contribution in [0, 0.1) is 19.8 Å². The number of aromatic nitrogens is 5. The number of hydrogen-bond acceptors (Lipinski definition) is 13. The number of para-hydroxylation sites is 1. The van der Waals surface area contributed by atoms with Crippen molar-refractivity contribution in [1.82, 2.24) is 39.8 Å². The Morgan fingerprint density at radius 2 is 1.55 bits per heavy atom. The van der Waals surface area contributed by atoms with Crippen LogP contribution in [0.1, 0.15) is 57.5 Å². The molecule has 5 aromatic rings. The monoisotopic (exact) mass is 782 g/mol. The number of pyridine rings is 1. The van der Waals surface area contributed by atoms with E-state index in [0.717, 1.165) is 109 Å². The molecule has 298 valence electrons. The zero-order valence-corrected chi connectivity index (χ0v) is 32.9. The Morgan fingerprint density at radius 1 is 0.793 bits per heavy atom. The standard InChI is InChI=1S/C42H46N12O4/c1-25-5-4-6-26(2)36(25)47-37-32-23-44-42(48-38(32)50(3)49-37)45-28-7-11-34(43-22-28)53-15-13-27(14-16-53)24-51-17-19-52(20-18-51)29-8-9-30-31(21-29)41(58)54(40(30)57)33-10-12-35(55)46-39(33)56/h4-9,11,21-23,27,33H,10,12-20,24H2,1-3H3,(H,47,49)(H,44,45,48)(H,46,55,56). The molecular formula is C42H46N12O4. The quantitative estimate of drug-likeness (QED) is 0.181. The van der Waals surface area contributed by atoms with E-state index in [-0.39, 0.29) is 18.7 Å². The molecule has 16 nitrogen and oxygen atoms in total. The van der Waals surface area contributed by atoms with Gasteiger partial charge in [0.25, 0.3) is 11.8 Å². The first-order chi connectivity index (χ1) is 28.1. The molecule has 2 aromatic carbocycles. The van der Waals surface area contributed by atoms with Crippen molar-refractivity contribution in [3.8, 4) is 0 Å². The molecule has 1 unspecified atom stereocenters. The van der Waals surface area contributed by atoms with Crippen molar-refractivity contribution in [2.75, 3.05) is 66.2 Å². The van der Waals surface area contributed by atoms with Crippen LogP contribution in [0.3, 0.4) is 0 Å². The Balaban J connectivity index is 0.747. The Hall–Kier alpha value is -6.42. The summed E-state index contributed by atoms with van der Waals surface area (Å²) in [6.45, 7) is 10.5. The van der Waals surface area contributed by atoms with Crippen LogP contribution in [0.5, 0.6) is 0 Å². The second kappa shape index (κ2) is 15.2. The molecule has 4 amide bonds. The Bertz CT molecular complexity index is 2410. The van der Waals surface area contributed by atoms with E-state index in [2.05, 4.69) is 66.7 Å². The van der Waals surface area contributed by atoms with Crippen LogP contribution in [-0.2, 0) is 16.6 Å². The number of amides is 4. The number of benzene rings is 2. The molecule has 3 saturated heterocycles. The molecular weight excluding hydrogens is 737 g/mol. The van der Waals surface area contributed by atoms with Crippen molar-refractivity contribution < 1.29 is 19.2 Å². The predicted molar refractivity (Wildman–Crippen MR) is 220 cm³/mol. The lowest BCUT2D eigenvalue weighted by atomic mass is 9.96. The van der Waals surface area contributed by atoms with Crippen LogP contribution in [0.2, 0.25) is 0 Å². The average molecular weight is 783 g/mol. The maximum absolute atomic E-state index is 13.3. The number of carbonyl (C=O) groups excluding carboxylic acids is 4. The van der Waals surface area contributed by atoms with Gasteiger partial charge in [-0.2, -0.15) is 10.1 Å². The zero-order valence-electron chi connectivity index (χ0n) is 32.9. The highest BCUT2D eigenvalue weighted by Gasteiger charge is 2.45. The molecule has 16 heteroatoms. The lowest BCUT2D eigenvalue weighted by Gasteiger charge is -2.40. The van der Waals surface area contributed by atoms with Crippen molar-refractivity contribution in [2.45, 2.75) is 45.6 Å². The van der Waals surface area contributed by atoms with Crippen LogP contribution >= 0.6 is 0 Å². The van der Waals surface area contributed by atoms with Gasteiger partial charge in [0.15, 0.2) is 11.5 Å². The Morgan fingerprint density at radius 3 is 2.28 bits per heavy atom. The van der Waals surface area contributed by atoms with Gasteiger partial charge in [-0.15, -0.1) is 0 Å². The number of nitrogens with one attached hydrogen (secondary N) is 3. The number of anilines is 6. The fourth-order valence-electron chi connectivity index (χ4n) is 8.65. The number of rotatable bonds is 9. The number of fused-ring (bicyclic) bond motifs is 2. The topological polar surface area (TPSA) is 174 Å². The van der Waals surface area contributed by atoms with E-state index in [4.69, 9.17) is 9.97 Å². The number of carbonyl (C=O) groups is 4. The molecule has 1 atom stereocenters. The van der Waals surface area contributed by atoms with Crippen LogP contribution in [0.4, 0.5) is 34.6 Å². The lowest BCUT2D eigenvalue weighted by molar-refractivity contribution is -0.136. The number of piperidine rings is 2. The number of aryl methyl sites for hydroxylation is 3. The summed E-state index contributed by atoms with van der Waals surface area (Å²) in [4.78, 5) is 72.8. The molecule has 3 fully saturated rings. The van der Waals surface area contributed by atoms with Crippen LogP contribution < -0.4 is 25.8 Å². The minimum Gasteiger partial charge on any atom is -0.369 e. The average Bonchev–Trinajstić information content (AvgIpc) is 3.67. The summed E-state index contributed by atoms with van der Waals surface area (Å²) in [5.74, 6) is 0.798. The van der Waals surface area contributed by atoms with Crippen LogP contribution in [0.25, 0.3) is 11.0 Å². The third-order valence-corrected chi connectivity index (χ3v) is 11.9. The third kappa shape index (κ3) is 7.08. The van der Waals surface area contributed by atoms with Gasteiger partial charge >= 0.3 is 0 Å². The molecule has 0 spiro atoms. The number of piperazine rings is 1. The van der Waals surface area contributed by atoms with Crippen LogP contribution in [0.15, 0.2) is 60.9 Å². The third-order valence-electron chi connectivity index (χ3n) is 11.9. The summed E-state index contributed by atoms with van der Waals surface area (Å²) in [7, 11) is 1.88. The fourth-order valence-corrected chi connectivity index (χ4v) is 8.65. The first-order valence-electron chi connectivity index (χ1n) is 19.9. The number of hydrogen-bond donors (Lipinski definition) is 3. The van der Waals surface area contributed by atoms with E-state index in [9.17, 15) is 19.2 Å². The Labute approximate surface area is 335 Å². The predicted octanol–water partition coefficient (Wildman–Crippen LogP) is 4.30. The van der Waals surface area contributed by atoms with E-state index in [0.29, 0.717) is 28.8 Å².